The molecule has 0 aliphatic carbocycles. The molecule has 29 heavy (non-hydrogen) atoms. The number of primary amides is 1. The second-order valence-electron chi connectivity index (χ2n) is 7.57. The van der Waals surface area contributed by atoms with Crippen LogP contribution in [0.25, 0.3) is 11.0 Å². The van der Waals surface area contributed by atoms with Crippen LogP contribution in [0.4, 0.5) is 0 Å². The first kappa shape index (κ1) is 20.6. The van der Waals surface area contributed by atoms with Crippen LogP contribution < -0.4 is 11.1 Å². The number of nitrogens with two attached hydrogens (primary N) is 1. The van der Waals surface area contributed by atoms with Crippen LogP contribution in [-0.2, 0) is 9.53 Å². The number of ether oxygens (including phenoxy) is 1. The number of aromatic amines is 1. The second-order valence-corrected chi connectivity index (χ2v) is 10.4. The lowest BCUT2D eigenvalue weighted by atomic mass is 10.1. The highest BCUT2D eigenvalue weighted by molar-refractivity contribution is 8.77. The highest BCUT2D eigenvalue weighted by Crippen LogP contribution is 2.39. The lowest BCUT2D eigenvalue weighted by molar-refractivity contribution is -0.148. The van der Waals surface area contributed by atoms with E-state index >= 15 is 0 Å². The standard InChI is InChI=1S/C20H26N4O3S2/c21-19(26)14-5-3-6-15-18(14)24-20(23-15)16-10-12(11-22-16)27-17(25)7-2-1-4-13-8-9-28-29-13/h3,5-6,12-13,16,22H,1-2,4,7-11H2,(H2,21,26)(H,23,24). The Morgan fingerprint density at radius 2 is 2.21 bits per heavy atom. The molecule has 3 heterocycles. The fourth-order valence-electron chi connectivity index (χ4n) is 3.87. The number of aromatic nitrogens is 2. The molecule has 2 aliphatic heterocycles. The molecule has 0 saturated carbocycles. The average Bonchev–Trinajstić information content (AvgIpc) is 3.44. The first-order valence-electron chi connectivity index (χ1n) is 10.1. The van der Waals surface area contributed by atoms with E-state index in [0.29, 0.717) is 30.5 Å². The molecule has 1 aromatic heterocycles. The van der Waals surface area contributed by atoms with Crippen molar-refractivity contribution in [2.45, 2.75) is 55.9 Å². The van der Waals surface area contributed by atoms with E-state index in [1.165, 1.54) is 18.6 Å². The number of benzene rings is 1. The summed E-state index contributed by atoms with van der Waals surface area (Å²) < 4.78 is 5.64. The van der Waals surface area contributed by atoms with Crippen LogP contribution in [0.15, 0.2) is 18.2 Å². The molecule has 1 aromatic carbocycles. The van der Waals surface area contributed by atoms with Crippen molar-refractivity contribution in [3.05, 3.63) is 29.6 Å². The zero-order valence-electron chi connectivity index (χ0n) is 16.2. The number of esters is 1. The van der Waals surface area contributed by atoms with Crippen molar-refractivity contribution >= 4 is 44.5 Å². The molecule has 3 atom stereocenters. The molecule has 0 spiro atoms. The van der Waals surface area contributed by atoms with Crippen molar-refractivity contribution in [3.63, 3.8) is 0 Å². The maximum atomic E-state index is 12.2. The van der Waals surface area contributed by atoms with Gasteiger partial charge in [0, 0.05) is 30.4 Å². The van der Waals surface area contributed by atoms with Crippen molar-refractivity contribution in [2.24, 2.45) is 5.73 Å². The number of carbonyl (C=O) groups is 2. The molecule has 156 valence electrons. The predicted octanol–water partition coefficient (Wildman–Crippen LogP) is 3.32. The van der Waals surface area contributed by atoms with E-state index < -0.39 is 5.91 Å². The number of H-pyrrole nitrogens is 1. The third kappa shape index (κ3) is 5.07. The number of unbranched alkanes of at least 4 members (excludes halogenated alkanes) is 1. The number of rotatable bonds is 8. The minimum Gasteiger partial charge on any atom is -0.461 e. The van der Waals surface area contributed by atoms with E-state index in [1.807, 2.05) is 27.7 Å². The number of imidazole rings is 1. The minimum absolute atomic E-state index is 0.0437. The second kappa shape index (κ2) is 9.40. The van der Waals surface area contributed by atoms with Gasteiger partial charge in [0.05, 0.1) is 17.1 Å². The van der Waals surface area contributed by atoms with E-state index in [4.69, 9.17) is 10.5 Å². The molecule has 2 aromatic rings. The molecule has 2 aliphatic rings. The maximum Gasteiger partial charge on any atom is 0.306 e. The molecule has 1 amide bonds. The van der Waals surface area contributed by atoms with Crippen LogP contribution in [0, 0.1) is 0 Å². The number of hydrogen-bond acceptors (Lipinski definition) is 7. The molecule has 4 rings (SSSR count). The summed E-state index contributed by atoms with van der Waals surface area (Å²) in [6.07, 6.45) is 5.45. The molecular formula is C20H26N4O3S2. The van der Waals surface area contributed by atoms with Crippen molar-refractivity contribution in [3.8, 4) is 0 Å². The number of para-hydroxylation sites is 1. The van der Waals surface area contributed by atoms with Crippen molar-refractivity contribution in [2.75, 3.05) is 12.3 Å². The SMILES string of the molecule is NC(=O)c1cccc2[nH]c(C3CC(OC(=O)CCCCC4CCSS4)CN3)nc12. The highest BCUT2D eigenvalue weighted by atomic mass is 33.1. The molecular weight excluding hydrogens is 408 g/mol. The fraction of sp³-hybridized carbons (Fsp3) is 0.550. The first-order chi connectivity index (χ1) is 14.1. The first-order valence-corrected chi connectivity index (χ1v) is 12.5. The van der Waals surface area contributed by atoms with E-state index in [2.05, 4.69) is 15.3 Å². The Balaban J connectivity index is 1.25. The van der Waals surface area contributed by atoms with Gasteiger partial charge in [-0.3, -0.25) is 9.59 Å². The Labute approximate surface area is 177 Å². The summed E-state index contributed by atoms with van der Waals surface area (Å²) in [6.45, 7) is 0.603. The number of nitrogens with one attached hydrogen (secondary N) is 2. The monoisotopic (exact) mass is 434 g/mol. The van der Waals surface area contributed by atoms with Gasteiger partial charge in [0.25, 0.3) is 5.91 Å². The summed E-state index contributed by atoms with van der Waals surface area (Å²) in [5, 5.41) is 4.11. The van der Waals surface area contributed by atoms with E-state index in [-0.39, 0.29) is 18.1 Å². The van der Waals surface area contributed by atoms with Crippen LogP contribution in [-0.4, -0.2) is 45.5 Å². The lowest BCUT2D eigenvalue weighted by Crippen LogP contribution is -2.20. The highest BCUT2D eigenvalue weighted by Gasteiger charge is 2.30. The van der Waals surface area contributed by atoms with Gasteiger partial charge in [-0.25, -0.2) is 4.98 Å². The Morgan fingerprint density at radius 1 is 1.31 bits per heavy atom. The van der Waals surface area contributed by atoms with Gasteiger partial charge in [-0.1, -0.05) is 34.1 Å². The quantitative estimate of drug-likeness (QED) is 0.332. The number of nitrogens with zero attached hydrogens (tertiary/aromatic N) is 1. The van der Waals surface area contributed by atoms with E-state index in [0.717, 1.165) is 29.4 Å². The van der Waals surface area contributed by atoms with Gasteiger partial charge >= 0.3 is 5.97 Å². The summed E-state index contributed by atoms with van der Waals surface area (Å²) in [4.78, 5) is 31.6. The van der Waals surface area contributed by atoms with Gasteiger partial charge in [-0.2, -0.15) is 0 Å². The molecule has 4 N–H and O–H groups in total. The van der Waals surface area contributed by atoms with Gasteiger partial charge in [0.1, 0.15) is 17.4 Å². The van der Waals surface area contributed by atoms with Crippen LogP contribution in [0.1, 0.15) is 60.7 Å². The summed E-state index contributed by atoms with van der Waals surface area (Å²) in [5.74, 6) is 1.37. The third-order valence-electron chi connectivity index (χ3n) is 5.40. The number of fused-ring (bicyclic) bond motifs is 1. The Morgan fingerprint density at radius 3 is 3.00 bits per heavy atom. The van der Waals surface area contributed by atoms with E-state index in [1.54, 1.807) is 12.1 Å². The van der Waals surface area contributed by atoms with Crippen LogP contribution >= 0.6 is 21.6 Å². The van der Waals surface area contributed by atoms with E-state index in [9.17, 15) is 9.59 Å². The topological polar surface area (TPSA) is 110 Å². The Kier molecular flexibility index (Phi) is 6.67. The smallest absolute Gasteiger partial charge is 0.306 e. The zero-order chi connectivity index (χ0) is 20.2. The third-order valence-corrected chi connectivity index (χ3v) is 8.41. The molecule has 7 nitrogen and oxygen atoms in total. The molecule has 0 radical (unpaired) electrons. The summed E-state index contributed by atoms with van der Waals surface area (Å²) in [6, 6.07) is 5.28. The summed E-state index contributed by atoms with van der Waals surface area (Å²) >= 11 is 0. The summed E-state index contributed by atoms with van der Waals surface area (Å²) in [7, 11) is 3.94. The molecule has 9 heteroatoms. The van der Waals surface area contributed by atoms with Crippen LogP contribution in [0.3, 0.4) is 0 Å². The van der Waals surface area contributed by atoms with Gasteiger partial charge < -0.3 is 20.8 Å². The van der Waals surface area contributed by atoms with Crippen molar-refractivity contribution < 1.29 is 14.3 Å². The Bertz CT molecular complexity index is 882. The van der Waals surface area contributed by atoms with Crippen LogP contribution in [0.2, 0.25) is 0 Å². The average molecular weight is 435 g/mol. The summed E-state index contributed by atoms with van der Waals surface area (Å²) in [5.41, 5.74) is 7.19. The molecule has 0 bridgehead atoms. The van der Waals surface area contributed by atoms with Gasteiger partial charge in [-0.15, -0.1) is 0 Å². The number of carbonyl (C=O) groups excluding carboxylic acids is 2. The largest absolute Gasteiger partial charge is 0.461 e. The molecule has 2 fully saturated rings. The fourth-order valence-corrected chi connectivity index (χ4v) is 6.89. The van der Waals surface area contributed by atoms with Crippen molar-refractivity contribution in [1.29, 1.82) is 0 Å². The Hall–Kier alpha value is -1.71. The van der Waals surface area contributed by atoms with Gasteiger partial charge in [0.2, 0.25) is 0 Å². The molecule has 3 unspecified atom stereocenters. The van der Waals surface area contributed by atoms with Crippen LogP contribution in [0.5, 0.6) is 0 Å². The normalized spacial score (nSPS) is 24.2. The maximum absolute atomic E-state index is 12.2. The van der Waals surface area contributed by atoms with Crippen molar-refractivity contribution in [1.82, 2.24) is 15.3 Å². The van der Waals surface area contributed by atoms with Gasteiger partial charge in [0.15, 0.2) is 0 Å². The minimum atomic E-state index is -0.495. The number of hydrogen-bond donors (Lipinski definition) is 3. The lowest BCUT2D eigenvalue weighted by Gasteiger charge is -2.11. The van der Waals surface area contributed by atoms with Gasteiger partial charge in [-0.05, 0) is 31.4 Å². The molecule has 2 saturated heterocycles. The number of amides is 1. The zero-order valence-corrected chi connectivity index (χ0v) is 17.8. The predicted molar refractivity (Wildman–Crippen MR) is 117 cm³/mol.